The summed E-state index contributed by atoms with van der Waals surface area (Å²) in [7, 11) is 0. The topological polar surface area (TPSA) is 94.0 Å². The number of nitrogens with two attached hydrogens (primary N) is 1. The number of thiazole rings is 1. The smallest absolute Gasteiger partial charge is 0.270 e. The fourth-order valence-corrected chi connectivity index (χ4v) is 2.70. The first-order chi connectivity index (χ1) is 9.61. The first-order valence-corrected chi connectivity index (χ1v) is 7.34. The Hall–Kier alpha value is -1.44. The largest absolute Gasteiger partial charge is 0.361 e. The molecule has 0 saturated heterocycles. The molecule has 0 fully saturated rings. The molecule has 8 heteroatoms. The first kappa shape index (κ1) is 17.6. The molecule has 0 saturated carbocycles. The van der Waals surface area contributed by atoms with E-state index in [4.69, 9.17) is 10.3 Å². The predicted octanol–water partition coefficient (Wildman–Crippen LogP) is 1.64. The second-order valence-corrected chi connectivity index (χ2v) is 5.42. The third kappa shape index (κ3) is 4.52. The normalized spacial score (nSPS) is 10.2. The van der Waals surface area contributed by atoms with Crippen molar-refractivity contribution in [2.24, 2.45) is 5.73 Å². The Bertz CT molecular complexity index is 577. The number of carbonyl (C=O) groups is 1. The summed E-state index contributed by atoms with van der Waals surface area (Å²) < 4.78 is 5.08. The van der Waals surface area contributed by atoms with Gasteiger partial charge in [-0.05, 0) is 26.8 Å². The van der Waals surface area contributed by atoms with Crippen LogP contribution in [0.3, 0.4) is 0 Å². The molecule has 116 valence electrons. The molecule has 1 amide bonds. The summed E-state index contributed by atoms with van der Waals surface area (Å²) in [4.78, 5) is 16.2. The van der Waals surface area contributed by atoms with Gasteiger partial charge < -0.3 is 15.6 Å². The molecule has 6 nitrogen and oxygen atoms in total. The van der Waals surface area contributed by atoms with Crippen molar-refractivity contribution >= 4 is 29.7 Å². The maximum Gasteiger partial charge on any atom is 0.270 e. The average Bonchev–Trinajstić information content (AvgIpc) is 3.00. The Morgan fingerprint density at radius 1 is 1.43 bits per heavy atom. The summed E-state index contributed by atoms with van der Waals surface area (Å²) >= 11 is 1.46. The molecule has 2 heterocycles. The highest BCUT2D eigenvalue weighted by Gasteiger charge is 2.12. The maximum atomic E-state index is 11.9. The standard InChI is InChI=1S/C13H18N4O2S.ClH/c1-8-10(9(2)19-17-8)4-6-15-13(18)11-7-20-12(16-11)3-5-14;/h7H,3-6,14H2,1-2H3,(H,15,18);1H. The van der Waals surface area contributed by atoms with Crippen molar-refractivity contribution in [3.63, 3.8) is 0 Å². The predicted molar refractivity (Wildman–Crippen MR) is 84.1 cm³/mol. The number of nitrogens with one attached hydrogen (secondary N) is 1. The van der Waals surface area contributed by atoms with Crippen molar-refractivity contribution in [1.82, 2.24) is 15.5 Å². The SMILES string of the molecule is Cc1noc(C)c1CCNC(=O)c1csc(CCN)n1.Cl. The number of rotatable bonds is 6. The molecule has 3 N–H and O–H groups in total. The number of carbonyl (C=O) groups excluding carboxylic acids is 1. The molecular formula is C13H19ClN4O2S. The van der Waals surface area contributed by atoms with Crippen LogP contribution in [0, 0.1) is 13.8 Å². The molecule has 0 aliphatic carbocycles. The summed E-state index contributed by atoms with van der Waals surface area (Å²) in [5, 5.41) is 9.39. The molecule has 2 aromatic rings. The third-order valence-corrected chi connectivity index (χ3v) is 3.89. The van der Waals surface area contributed by atoms with Crippen LogP contribution in [-0.2, 0) is 12.8 Å². The van der Waals surface area contributed by atoms with E-state index < -0.39 is 0 Å². The van der Waals surface area contributed by atoms with E-state index in [0.717, 1.165) is 22.0 Å². The first-order valence-electron chi connectivity index (χ1n) is 6.46. The van der Waals surface area contributed by atoms with Crippen LogP contribution in [0.5, 0.6) is 0 Å². The molecule has 0 radical (unpaired) electrons. The Labute approximate surface area is 133 Å². The van der Waals surface area contributed by atoms with E-state index in [-0.39, 0.29) is 18.3 Å². The molecule has 0 aromatic carbocycles. The Morgan fingerprint density at radius 3 is 2.81 bits per heavy atom. The monoisotopic (exact) mass is 330 g/mol. The fourth-order valence-electron chi connectivity index (χ4n) is 1.90. The number of nitrogens with zero attached hydrogens (tertiary/aromatic N) is 2. The van der Waals surface area contributed by atoms with Crippen molar-refractivity contribution in [2.45, 2.75) is 26.7 Å². The van der Waals surface area contributed by atoms with Crippen molar-refractivity contribution in [3.8, 4) is 0 Å². The summed E-state index contributed by atoms with van der Waals surface area (Å²) in [6.07, 6.45) is 1.41. The van der Waals surface area contributed by atoms with Crippen molar-refractivity contribution in [3.05, 3.63) is 33.1 Å². The molecule has 0 atom stereocenters. The second kappa shape index (κ2) is 8.11. The maximum absolute atomic E-state index is 11.9. The van der Waals surface area contributed by atoms with Gasteiger partial charge in [0.1, 0.15) is 11.5 Å². The molecule has 2 aromatic heterocycles. The molecule has 2 rings (SSSR count). The Kier molecular flexibility index (Phi) is 6.80. The van der Waals surface area contributed by atoms with Crippen molar-refractivity contribution in [2.75, 3.05) is 13.1 Å². The van der Waals surface area contributed by atoms with Gasteiger partial charge >= 0.3 is 0 Å². The average molecular weight is 331 g/mol. The zero-order valence-corrected chi connectivity index (χ0v) is 13.6. The van der Waals surface area contributed by atoms with Crippen molar-refractivity contribution in [1.29, 1.82) is 0 Å². The van der Waals surface area contributed by atoms with E-state index in [2.05, 4.69) is 15.5 Å². The zero-order chi connectivity index (χ0) is 14.5. The third-order valence-electron chi connectivity index (χ3n) is 2.98. The number of aromatic nitrogens is 2. The van der Waals surface area contributed by atoms with Gasteiger partial charge in [-0.25, -0.2) is 4.98 Å². The molecule has 0 bridgehead atoms. The van der Waals surface area contributed by atoms with Crippen LogP contribution in [0.15, 0.2) is 9.90 Å². The van der Waals surface area contributed by atoms with Crippen molar-refractivity contribution < 1.29 is 9.32 Å². The van der Waals surface area contributed by atoms with E-state index in [9.17, 15) is 4.79 Å². The summed E-state index contributed by atoms with van der Waals surface area (Å²) in [6, 6.07) is 0. The minimum Gasteiger partial charge on any atom is -0.361 e. The van der Waals surface area contributed by atoms with E-state index >= 15 is 0 Å². The molecular weight excluding hydrogens is 312 g/mol. The second-order valence-electron chi connectivity index (χ2n) is 4.47. The van der Waals surface area contributed by atoms with E-state index in [1.54, 1.807) is 5.38 Å². The van der Waals surface area contributed by atoms with Gasteiger partial charge in [-0.3, -0.25) is 4.79 Å². The van der Waals surface area contributed by atoms with Crippen LogP contribution in [0.4, 0.5) is 0 Å². The summed E-state index contributed by atoms with van der Waals surface area (Å²) in [6.45, 7) is 4.84. The lowest BCUT2D eigenvalue weighted by atomic mass is 10.1. The van der Waals surface area contributed by atoms with Gasteiger partial charge in [0.15, 0.2) is 0 Å². The minimum absolute atomic E-state index is 0. The van der Waals surface area contributed by atoms with E-state index in [0.29, 0.717) is 31.6 Å². The van der Waals surface area contributed by atoms with Gasteiger partial charge in [0, 0.05) is 23.9 Å². The number of halogens is 1. The molecule has 0 spiro atoms. The highest BCUT2D eigenvalue weighted by atomic mass is 35.5. The van der Waals surface area contributed by atoms with Crippen LogP contribution in [0.1, 0.15) is 32.5 Å². The van der Waals surface area contributed by atoms with Crippen LogP contribution >= 0.6 is 23.7 Å². The number of aryl methyl sites for hydroxylation is 2. The van der Waals surface area contributed by atoms with Crippen LogP contribution in [0.2, 0.25) is 0 Å². The van der Waals surface area contributed by atoms with E-state index in [1.165, 1.54) is 11.3 Å². The summed E-state index contributed by atoms with van der Waals surface area (Å²) in [5.74, 6) is 0.645. The van der Waals surface area contributed by atoms with Gasteiger partial charge in [-0.1, -0.05) is 5.16 Å². The lowest BCUT2D eigenvalue weighted by Crippen LogP contribution is -2.26. The van der Waals surface area contributed by atoms with Gasteiger partial charge in [0.05, 0.1) is 10.7 Å². The van der Waals surface area contributed by atoms with E-state index in [1.807, 2.05) is 13.8 Å². The molecule has 0 aliphatic rings. The zero-order valence-electron chi connectivity index (χ0n) is 12.0. The minimum atomic E-state index is -0.156. The van der Waals surface area contributed by atoms with Crippen LogP contribution < -0.4 is 11.1 Å². The number of hydrogen-bond donors (Lipinski definition) is 2. The highest BCUT2D eigenvalue weighted by molar-refractivity contribution is 7.09. The van der Waals surface area contributed by atoms with Crippen LogP contribution in [-0.4, -0.2) is 29.1 Å². The Balaban J connectivity index is 0.00000220. The fraction of sp³-hybridized carbons (Fsp3) is 0.462. The molecule has 0 unspecified atom stereocenters. The number of hydrogen-bond acceptors (Lipinski definition) is 6. The van der Waals surface area contributed by atoms with Gasteiger partial charge in [0.2, 0.25) is 0 Å². The Morgan fingerprint density at radius 2 is 2.19 bits per heavy atom. The van der Waals surface area contributed by atoms with Crippen LogP contribution in [0.25, 0.3) is 0 Å². The quantitative estimate of drug-likeness (QED) is 0.839. The van der Waals surface area contributed by atoms with Gasteiger partial charge in [0.25, 0.3) is 5.91 Å². The molecule has 0 aliphatic heterocycles. The van der Waals surface area contributed by atoms with Gasteiger partial charge in [-0.15, -0.1) is 23.7 Å². The lowest BCUT2D eigenvalue weighted by molar-refractivity contribution is 0.0949. The molecule has 21 heavy (non-hydrogen) atoms. The lowest BCUT2D eigenvalue weighted by Gasteiger charge is -2.02. The highest BCUT2D eigenvalue weighted by Crippen LogP contribution is 2.13. The number of amides is 1. The summed E-state index contributed by atoms with van der Waals surface area (Å²) in [5.41, 5.74) is 7.84. The van der Waals surface area contributed by atoms with Gasteiger partial charge in [-0.2, -0.15) is 0 Å².